The standard InChI is InChI=1S/C19H19Cl2N3O2/c20-14-9-15-17(24-19(23-15)12-4-6-22-7-5-12)18(16(14)21)26-10-11-2-1-3-13(25)8-11/h4-7,9,11,13,25H,1-3,8,10H2,(H,23,24)/t11?,13-/m1/s1. The number of rotatable bonds is 4. The van der Waals surface area contributed by atoms with Gasteiger partial charge >= 0.3 is 0 Å². The van der Waals surface area contributed by atoms with Gasteiger partial charge in [-0.2, -0.15) is 0 Å². The van der Waals surface area contributed by atoms with Crippen molar-refractivity contribution in [2.45, 2.75) is 31.8 Å². The SMILES string of the molecule is O[C@@H]1CCCC(COc2c(Cl)c(Cl)cc3[nH]c(-c4ccncc4)nc23)C1. The number of aliphatic hydroxyl groups excluding tert-OH is 1. The number of halogens is 2. The van der Waals surface area contributed by atoms with Crippen molar-refractivity contribution in [3.05, 3.63) is 40.6 Å². The molecule has 0 radical (unpaired) electrons. The Morgan fingerprint density at radius 1 is 1.23 bits per heavy atom. The van der Waals surface area contributed by atoms with Crippen LogP contribution in [-0.2, 0) is 0 Å². The quantitative estimate of drug-likeness (QED) is 0.665. The average Bonchev–Trinajstić information content (AvgIpc) is 3.06. The van der Waals surface area contributed by atoms with Gasteiger partial charge < -0.3 is 14.8 Å². The molecule has 26 heavy (non-hydrogen) atoms. The summed E-state index contributed by atoms with van der Waals surface area (Å²) >= 11 is 12.7. The van der Waals surface area contributed by atoms with Gasteiger partial charge in [-0.05, 0) is 43.4 Å². The smallest absolute Gasteiger partial charge is 0.167 e. The Bertz CT molecular complexity index is 914. The Morgan fingerprint density at radius 3 is 2.81 bits per heavy atom. The Kier molecular flexibility index (Phi) is 5.02. The van der Waals surface area contributed by atoms with Crippen LogP contribution in [-0.4, -0.2) is 32.8 Å². The zero-order chi connectivity index (χ0) is 18.1. The Morgan fingerprint density at radius 2 is 2.04 bits per heavy atom. The van der Waals surface area contributed by atoms with E-state index in [2.05, 4.69) is 15.0 Å². The first-order valence-corrected chi connectivity index (χ1v) is 9.46. The monoisotopic (exact) mass is 391 g/mol. The molecule has 0 amide bonds. The fourth-order valence-corrected chi connectivity index (χ4v) is 3.85. The minimum atomic E-state index is -0.240. The number of aliphatic hydroxyl groups is 1. The Hall–Kier alpha value is -1.82. The summed E-state index contributed by atoms with van der Waals surface area (Å²) in [5.41, 5.74) is 2.34. The van der Waals surface area contributed by atoms with E-state index in [0.29, 0.717) is 39.7 Å². The summed E-state index contributed by atoms with van der Waals surface area (Å²) in [6.07, 6.45) is 6.87. The fourth-order valence-electron chi connectivity index (χ4n) is 3.46. The van der Waals surface area contributed by atoms with E-state index in [1.807, 2.05) is 12.1 Å². The highest BCUT2D eigenvalue weighted by Gasteiger charge is 2.23. The third-order valence-electron chi connectivity index (χ3n) is 4.80. The highest BCUT2D eigenvalue weighted by Crippen LogP contribution is 2.40. The lowest BCUT2D eigenvalue weighted by molar-refractivity contribution is 0.0812. The van der Waals surface area contributed by atoms with E-state index in [4.69, 9.17) is 27.9 Å². The van der Waals surface area contributed by atoms with Gasteiger partial charge in [-0.25, -0.2) is 4.98 Å². The molecular formula is C19H19Cl2N3O2. The average molecular weight is 392 g/mol. The summed E-state index contributed by atoms with van der Waals surface area (Å²) in [4.78, 5) is 12.0. The second-order valence-corrected chi connectivity index (χ2v) is 7.50. The second-order valence-electron chi connectivity index (χ2n) is 6.72. The molecule has 136 valence electrons. The molecule has 0 saturated heterocycles. The first-order valence-electron chi connectivity index (χ1n) is 8.71. The van der Waals surface area contributed by atoms with Crippen LogP contribution >= 0.6 is 23.2 Å². The van der Waals surface area contributed by atoms with Crippen LogP contribution in [0.5, 0.6) is 5.75 Å². The molecule has 3 aromatic rings. The van der Waals surface area contributed by atoms with Crippen LogP contribution in [0.4, 0.5) is 0 Å². The molecule has 2 heterocycles. The summed E-state index contributed by atoms with van der Waals surface area (Å²) in [5.74, 6) is 1.51. The lowest BCUT2D eigenvalue weighted by Gasteiger charge is -2.26. The molecular weight excluding hydrogens is 373 g/mol. The molecule has 2 aromatic heterocycles. The van der Waals surface area contributed by atoms with Gasteiger partial charge in [-0.1, -0.05) is 29.6 Å². The summed E-state index contributed by atoms with van der Waals surface area (Å²) in [6, 6.07) is 5.52. The maximum atomic E-state index is 9.85. The zero-order valence-corrected chi connectivity index (χ0v) is 15.6. The van der Waals surface area contributed by atoms with Gasteiger partial charge in [0, 0.05) is 18.0 Å². The number of hydrogen-bond donors (Lipinski definition) is 2. The molecule has 0 aliphatic heterocycles. The van der Waals surface area contributed by atoms with E-state index in [-0.39, 0.29) is 6.10 Å². The van der Waals surface area contributed by atoms with E-state index in [1.165, 1.54) is 0 Å². The number of H-pyrrole nitrogens is 1. The summed E-state index contributed by atoms with van der Waals surface area (Å²) in [6.45, 7) is 0.490. The van der Waals surface area contributed by atoms with Gasteiger partial charge in [0.05, 0.1) is 23.3 Å². The third kappa shape index (κ3) is 3.52. The molecule has 0 spiro atoms. The van der Waals surface area contributed by atoms with Gasteiger partial charge in [0.15, 0.2) is 5.75 Å². The first-order chi connectivity index (χ1) is 12.6. The van der Waals surface area contributed by atoms with Crippen molar-refractivity contribution in [2.24, 2.45) is 5.92 Å². The Balaban J connectivity index is 1.66. The molecule has 1 unspecified atom stereocenters. The predicted octanol–water partition coefficient (Wildman–Crippen LogP) is 4.86. The second kappa shape index (κ2) is 7.43. The van der Waals surface area contributed by atoms with Crippen LogP contribution in [0.15, 0.2) is 30.6 Å². The number of nitrogens with one attached hydrogen (secondary N) is 1. The van der Waals surface area contributed by atoms with Crippen molar-refractivity contribution < 1.29 is 9.84 Å². The molecule has 1 fully saturated rings. The molecule has 1 aliphatic carbocycles. The van der Waals surface area contributed by atoms with Crippen LogP contribution in [0, 0.1) is 5.92 Å². The molecule has 1 aliphatic rings. The molecule has 0 bridgehead atoms. The number of aromatic amines is 1. The van der Waals surface area contributed by atoms with Crippen LogP contribution < -0.4 is 4.74 Å². The fraction of sp³-hybridized carbons (Fsp3) is 0.368. The maximum Gasteiger partial charge on any atom is 0.167 e. The van der Waals surface area contributed by atoms with E-state index in [0.717, 1.165) is 36.8 Å². The van der Waals surface area contributed by atoms with Gasteiger partial charge in [0.25, 0.3) is 0 Å². The van der Waals surface area contributed by atoms with E-state index >= 15 is 0 Å². The number of fused-ring (bicyclic) bond motifs is 1. The molecule has 7 heteroatoms. The van der Waals surface area contributed by atoms with Crippen LogP contribution in [0.2, 0.25) is 10.0 Å². The van der Waals surface area contributed by atoms with Gasteiger partial charge in [0.1, 0.15) is 16.4 Å². The molecule has 2 N–H and O–H groups in total. The minimum Gasteiger partial charge on any atom is -0.489 e. The van der Waals surface area contributed by atoms with Crippen molar-refractivity contribution in [3.63, 3.8) is 0 Å². The minimum absolute atomic E-state index is 0.240. The van der Waals surface area contributed by atoms with Crippen molar-refractivity contribution in [2.75, 3.05) is 6.61 Å². The normalized spacial score (nSPS) is 20.4. The molecule has 2 atom stereocenters. The maximum absolute atomic E-state index is 9.85. The molecule has 5 nitrogen and oxygen atoms in total. The van der Waals surface area contributed by atoms with Crippen molar-refractivity contribution in [3.8, 4) is 17.1 Å². The number of ether oxygens (including phenoxy) is 1. The van der Waals surface area contributed by atoms with Crippen molar-refractivity contribution in [1.29, 1.82) is 0 Å². The number of nitrogens with zero attached hydrogens (tertiary/aromatic N) is 2. The highest BCUT2D eigenvalue weighted by molar-refractivity contribution is 6.44. The summed E-state index contributed by atoms with van der Waals surface area (Å²) in [7, 11) is 0. The van der Waals surface area contributed by atoms with E-state index < -0.39 is 0 Å². The lowest BCUT2D eigenvalue weighted by Crippen LogP contribution is -2.24. The summed E-state index contributed by atoms with van der Waals surface area (Å²) in [5, 5.41) is 10.6. The Labute approximate surface area is 161 Å². The van der Waals surface area contributed by atoms with E-state index in [9.17, 15) is 5.11 Å². The van der Waals surface area contributed by atoms with Crippen molar-refractivity contribution in [1.82, 2.24) is 15.0 Å². The summed E-state index contributed by atoms with van der Waals surface area (Å²) < 4.78 is 6.05. The third-order valence-corrected chi connectivity index (χ3v) is 5.57. The number of hydrogen-bond acceptors (Lipinski definition) is 4. The van der Waals surface area contributed by atoms with Crippen molar-refractivity contribution >= 4 is 34.2 Å². The van der Waals surface area contributed by atoms with Crippen LogP contribution in [0.1, 0.15) is 25.7 Å². The van der Waals surface area contributed by atoms with Gasteiger partial charge in [0.2, 0.25) is 0 Å². The van der Waals surface area contributed by atoms with Crippen LogP contribution in [0.3, 0.4) is 0 Å². The highest BCUT2D eigenvalue weighted by atomic mass is 35.5. The van der Waals surface area contributed by atoms with Gasteiger partial charge in [-0.3, -0.25) is 4.98 Å². The molecule has 1 saturated carbocycles. The number of aromatic nitrogens is 3. The molecule has 1 aromatic carbocycles. The molecule has 4 rings (SSSR count). The van der Waals surface area contributed by atoms with E-state index in [1.54, 1.807) is 18.5 Å². The largest absolute Gasteiger partial charge is 0.489 e. The first kappa shape index (κ1) is 17.6. The van der Waals surface area contributed by atoms with Gasteiger partial charge in [-0.15, -0.1) is 0 Å². The predicted molar refractivity (Wildman–Crippen MR) is 103 cm³/mol. The number of imidazole rings is 1. The van der Waals surface area contributed by atoms with Crippen LogP contribution in [0.25, 0.3) is 22.4 Å². The zero-order valence-electron chi connectivity index (χ0n) is 14.1. The number of pyridine rings is 1. The topological polar surface area (TPSA) is 71.0 Å². The lowest BCUT2D eigenvalue weighted by atomic mass is 9.88. The number of benzene rings is 1.